The lowest BCUT2D eigenvalue weighted by Gasteiger charge is -2.15. The molecular formula is C15H13N3O6S2. The maximum atomic E-state index is 12.4. The minimum absolute atomic E-state index is 0.472. The topological polar surface area (TPSA) is 122 Å². The predicted molar refractivity (Wildman–Crippen MR) is 95.0 cm³/mol. The Morgan fingerprint density at radius 2 is 1.85 bits per heavy atom. The molecular weight excluding hydrogens is 382 g/mol. The number of nitrogens with zero attached hydrogens (tertiary/aromatic N) is 1. The lowest BCUT2D eigenvalue weighted by Crippen LogP contribution is -2.42. The minimum Gasteiger partial charge on any atom is -0.497 e. The average Bonchev–Trinajstić information content (AvgIpc) is 3.08. The summed E-state index contributed by atoms with van der Waals surface area (Å²) in [6, 6.07) is 6.54. The number of anilines is 1. The summed E-state index contributed by atoms with van der Waals surface area (Å²) in [5.74, 6) is -1.21. The summed E-state index contributed by atoms with van der Waals surface area (Å²) in [5.41, 5.74) is 0.482. The van der Waals surface area contributed by atoms with E-state index in [0.717, 1.165) is 4.90 Å². The fourth-order valence-corrected chi connectivity index (χ4v) is 4.49. The summed E-state index contributed by atoms with van der Waals surface area (Å²) in [7, 11) is 1.52. The van der Waals surface area contributed by atoms with E-state index in [0.29, 0.717) is 35.0 Å². The van der Waals surface area contributed by atoms with Crippen molar-refractivity contribution in [2.24, 2.45) is 0 Å². The van der Waals surface area contributed by atoms with Crippen LogP contribution in [0.4, 0.5) is 15.3 Å². The Kier molecular flexibility index (Phi) is 5.18. The van der Waals surface area contributed by atoms with Crippen molar-refractivity contribution in [3.63, 3.8) is 0 Å². The number of carbonyl (C=O) groups excluding carboxylic acids is 5. The van der Waals surface area contributed by atoms with Crippen molar-refractivity contribution in [2.45, 2.75) is 10.5 Å². The number of amides is 5. The molecule has 9 nitrogen and oxygen atoms in total. The van der Waals surface area contributed by atoms with E-state index in [1.165, 1.54) is 7.11 Å². The molecule has 0 aromatic heterocycles. The Morgan fingerprint density at radius 3 is 2.42 bits per heavy atom. The van der Waals surface area contributed by atoms with Gasteiger partial charge in [0.1, 0.15) is 22.8 Å². The Balaban J connectivity index is 1.62. The number of hydrogen-bond donors (Lipinski definition) is 2. The number of methoxy groups -OCH3 is 1. The van der Waals surface area contributed by atoms with Crippen LogP contribution in [0.1, 0.15) is 0 Å². The fourth-order valence-electron chi connectivity index (χ4n) is 2.39. The molecule has 136 valence electrons. The highest BCUT2D eigenvalue weighted by Gasteiger charge is 2.50. The summed E-state index contributed by atoms with van der Waals surface area (Å²) < 4.78 is 5.02. The smallest absolute Gasteiger partial charge is 0.289 e. The van der Waals surface area contributed by atoms with Crippen LogP contribution in [-0.4, -0.2) is 57.3 Å². The number of rotatable bonds is 5. The van der Waals surface area contributed by atoms with E-state index in [-0.39, 0.29) is 0 Å². The first-order valence-electron chi connectivity index (χ1n) is 7.36. The second-order valence-corrected chi connectivity index (χ2v) is 7.53. The molecule has 11 heteroatoms. The van der Waals surface area contributed by atoms with Crippen molar-refractivity contribution in [2.75, 3.05) is 19.0 Å². The molecule has 0 spiro atoms. The summed E-state index contributed by atoms with van der Waals surface area (Å²) >= 11 is 1.32. The molecule has 2 heterocycles. The SMILES string of the molecule is COc1ccc(NC(=O)CN2C(=O)S[C@H]([C@@H]3SC(=O)NC3=O)C2=O)cc1. The number of thioether (sulfide) groups is 2. The highest BCUT2D eigenvalue weighted by Crippen LogP contribution is 2.36. The number of nitrogens with one attached hydrogen (secondary N) is 2. The van der Waals surface area contributed by atoms with Crippen LogP contribution < -0.4 is 15.4 Å². The van der Waals surface area contributed by atoms with Gasteiger partial charge in [-0.15, -0.1) is 0 Å². The number of hydrogen-bond acceptors (Lipinski definition) is 8. The van der Waals surface area contributed by atoms with Gasteiger partial charge in [-0.25, -0.2) is 0 Å². The van der Waals surface area contributed by atoms with Crippen LogP contribution in [-0.2, 0) is 14.4 Å². The first-order valence-corrected chi connectivity index (χ1v) is 9.12. The van der Waals surface area contributed by atoms with E-state index in [2.05, 4.69) is 10.6 Å². The molecule has 2 N–H and O–H groups in total. The number of benzene rings is 1. The third-order valence-corrected chi connectivity index (χ3v) is 6.00. The lowest BCUT2D eigenvalue weighted by atomic mass is 10.2. The Morgan fingerprint density at radius 1 is 1.15 bits per heavy atom. The molecule has 2 aliphatic heterocycles. The van der Waals surface area contributed by atoms with Gasteiger partial charge < -0.3 is 10.1 Å². The summed E-state index contributed by atoms with van der Waals surface area (Å²) in [6.45, 7) is -0.472. The van der Waals surface area contributed by atoms with Gasteiger partial charge in [0.25, 0.3) is 10.5 Å². The minimum atomic E-state index is -1.02. The van der Waals surface area contributed by atoms with Gasteiger partial charge >= 0.3 is 0 Å². The molecule has 1 aromatic rings. The van der Waals surface area contributed by atoms with Crippen LogP contribution >= 0.6 is 23.5 Å². The van der Waals surface area contributed by atoms with Gasteiger partial charge in [-0.05, 0) is 47.8 Å². The van der Waals surface area contributed by atoms with E-state index in [4.69, 9.17) is 4.74 Å². The van der Waals surface area contributed by atoms with Crippen molar-refractivity contribution < 1.29 is 28.7 Å². The zero-order chi connectivity index (χ0) is 18.8. The fraction of sp³-hybridized carbons (Fsp3) is 0.267. The second-order valence-electron chi connectivity index (χ2n) is 5.32. The molecule has 2 aliphatic rings. The highest BCUT2D eigenvalue weighted by atomic mass is 32.2. The molecule has 2 saturated heterocycles. The molecule has 0 saturated carbocycles. The predicted octanol–water partition coefficient (Wildman–Crippen LogP) is 1.05. The molecule has 5 amide bonds. The van der Waals surface area contributed by atoms with Crippen molar-refractivity contribution in [1.29, 1.82) is 0 Å². The van der Waals surface area contributed by atoms with Crippen LogP contribution in [0.3, 0.4) is 0 Å². The van der Waals surface area contributed by atoms with Crippen molar-refractivity contribution in [3.8, 4) is 5.75 Å². The Hall–Kier alpha value is -2.53. The van der Waals surface area contributed by atoms with E-state index in [1.807, 2.05) is 0 Å². The molecule has 0 radical (unpaired) electrons. The highest BCUT2D eigenvalue weighted by molar-refractivity contribution is 8.19. The lowest BCUT2D eigenvalue weighted by molar-refractivity contribution is -0.131. The molecule has 0 unspecified atom stereocenters. The number of ether oxygens (including phenoxy) is 1. The molecule has 26 heavy (non-hydrogen) atoms. The normalized spacial score (nSPS) is 22.6. The third kappa shape index (κ3) is 3.68. The molecule has 1 aromatic carbocycles. The first kappa shape index (κ1) is 18.3. The van der Waals surface area contributed by atoms with Gasteiger partial charge in [-0.2, -0.15) is 0 Å². The monoisotopic (exact) mass is 395 g/mol. The zero-order valence-electron chi connectivity index (χ0n) is 13.4. The summed E-state index contributed by atoms with van der Waals surface area (Å²) in [6.07, 6.45) is 0. The van der Waals surface area contributed by atoms with Crippen LogP contribution in [0.25, 0.3) is 0 Å². The van der Waals surface area contributed by atoms with Crippen LogP contribution in [0, 0.1) is 0 Å². The molecule has 0 bridgehead atoms. The third-order valence-electron chi connectivity index (χ3n) is 3.63. The van der Waals surface area contributed by atoms with Crippen LogP contribution in [0.5, 0.6) is 5.75 Å². The standard InChI is InChI=1S/C15H13N3O6S2/c1-24-8-4-2-7(3-5-8)16-9(19)6-18-13(21)11(26-15(18)23)10-12(20)17-14(22)25-10/h2-5,10-11H,6H2,1H3,(H,16,19)(H,17,20,22)/t10-,11+/m0/s1. The average molecular weight is 395 g/mol. The quantitative estimate of drug-likeness (QED) is 0.759. The summed E-state index contributed by atoms with van der Waals surface area (Å²) in [5, 5.41) is 1.47. The van der Waals surface area contributed by atoms with Gasteiger partial charge in [0, 0.05) is 5.69 Å². The molecule has 2 atom stereocenters. The van der Waals surface area contributed by atoms with Crippen LogP contribution in [0.2, 0.25) is 0 Å². The van der Waals surface area contributed by atoms with E-state index >= 15 is 0 Å². The maximum Gasteiger partial charge on any atom is 0.289 e. The molecule has 2 fully saturated rings. The van der Waals surface area contributed by atoms with Gasteiger partial charge in [0.05, 0.1) is 7.11 Å². The Bertz CT molecular complexity index is 797. The van der Waals surface area contributed by atoms with E-state index < -0.39 is 45.2 Å². The van der Waals surface area contributed by atoms with Crippen LogP contribution in [0.15, 0.2) is 24.3 Å². The molecule has 3 rings (SSSR count). The second kappa shape index (κ2) is 7.38. The number of carbonyl (C=O) groups is 5. The van der Waals surface area contributed by atoms with Gasteiger partial charge in [-0.1, -0.05) is 0 Å². The van der Waals surface area contributed by atoms with Crippen molar-refractivity contribution >= 4 is 57.4 Å². The number of imide groups is 2. The van der Waals surface area contributed by atoms with Gasteiger partial charge in [0.15, 0.2) is 0 Å². The van der Waals surface area contributed by atoms with Gasteiger partial charge in [-0.3, -0.25) is 34.2 Å². The van der Waals surface area contributed by atoms with E-state index in [9.17, 15) is 24.0 Å². The van der Waals surface area contributed by atoms with Gasteiger partial charge in [0.2, 0.25) is 17.7 Å². The maximum absolute atomic E-state index is 12.4. The van der Waals surface area contributed by atoms with Crippen molar-refractivity contribution in [3.05, 3.63) is 24.3 Å². The zero-order valence-corrected chi connectivity index (χ0v) is 15.0. The van der Waals surface area contributed by atoms with E-state index in [1.54, 1.807) is 24.3 Å². The summed E-state index contributed by atoms with van der Waals surface area (Å²) in [4.78, 5) is 60.3. The molecule has 0 aliphatic carbocycles. The first-order chi connectivity index (χ1) is 12.4. The van der Waals surface area contributed by atoms with Crippen molar-refractivity contribution in [1.82, 2.24) is 10.2 Å². The largest absolute Gasteiger partial charge is 0.497 e. The Labute approximate surface area is 156 Å².